The van der Waals surface area contributed by atoms with E-state index in [1.54, 1.807) is 21.1 Å². The molecule has 0 saturated heterocycles. The second-order valence-electron chi connectivity index (χ2n) is 20.3. The van der Waals surface area contributed by atoms with Crippen molar-refractivity contribution in [2.75, 3.05) is 56.8 Å². The Bertz CT molecular complexity index is 1860. The van der Waals surface area contributed by atoms with E-state index in [-0.39, 0.29) is 47.0 Å². The van der Waals surface area contributed by atoms with Crippen LogP contribution in [0.15, 0.2) is 64.8 Å². The van der Waals surface area contributed by atoms with E-state index in [4.69, 9.17) is 14.6 Å². The van der Waals surface area contributed by atoms with Crippen LogP contribution < -0.4 is 53.9 Å². The zero-order valence-corrected chi connectivity index (χ0v) is 48.8. The van der Waals surface area contributed by atoms with Gasteiger partial charge in [0.1, 0.15) is 11.5 Å². The number of rotatable bonds is 25. The number of methoxy groups -OCH3 is 2. The van der Waals surface area contributed by atoms with E-state index in [1.165, 1.54) is 74.6 Å². The van der Waals surface area contributed by atoms with Gasteiger partial charge in [-0.1, -0.05) is 132 Å². The number of carbonyl (C=O) groups excluding carboxylic acids is 3. The summed E-state index contributed by atoms with van der Waals surface area (Å²) in [6.45, 7) is 30.0. The Morgan fingerprint density at radius 1 is 0.565 bits per heavy atom. The standard InChI is InChI=1S/C29H45NO2.C16H25NO2.C13H22O.C2H5O.Na/c1-7-10-13-26-24(21-29(4,5)22-27(26)31)15-14-23-16-17-25(20-28(23)32-6)30(18-11-8-2)19-12-9-3;1-4-6-10-17(11-7-5-2)15-9-8-14(13-18)16(12-15)19-3;1-5-6-7-11-10(2)8-13(3,4)9-12(11)14;1-2-3;/h14-17,20H,7-13,18-19,21-22H2,1-6H3;8-9,12-13H,4-7,10-11H2,1-3H3;5-9H2,1-4H3;2H2,1H3;/q;;;-1;+1/b15-14+;;;;. The number of ether oxygens (including phenoxy) is 2. The number of hydrogen-bond acceptors (Lipinski definition) is 8. The summed E-state index contributed by atoms with van der Waals surface area (Å²) < 4.78 is 11.1. The van der Waals surface area contributed by atoms with Gasteiger partial charge in [0, 0.05) is 68.1 Å². The smallest absolute Gasteiger partial charge is 0.855 e. The molecule has 0 heterocycles. The van der Waals surface area contributed by atoms with E-state index >= 15 is 0 Å². The largest absolute Gasteiger partial charge is 1.00 e. The molecule has 9 heteroatoms. The predicted molar refractivity (Wildman–Crippen MR) is 290 cm³/mol. The molecule has 2 aromatic rings. The maximum absolute atomic E-state index is 12.8. The van der Waals surface area contributed by atoms with E-state index in [0.29, 0.717) is 29.3 Å². The molecule has 8 nitrogen and oxygen atoms in total. The van der Waals surface area contributed by atoms with Gasteiger partial charge in [0.25, 0.3) is 0 Å². The van der Waals surface area contributed by atoms with Crippen molar-refractivity contribution in [2.24, 2.45) is 10.8 Å². The van der Waals surface area contributed by atoms with Gasteiger partial charge in [-0.3, -0.25) is 14.4 Å². The maximum Gasteiger partial charge on any atom is 1.00 e. The fourth-order valence-electron chi connectivity index (χ4n) is 8.95. The van der Waals surface area contributed by atoms with Gasteiger partial charge >= 0.3 is 29.6 Å². The zero-order valence-electron chi connectivity index (χ0n) is 46.8. The molecular formula is C60H97N2NaO6. The Morgan fingerprint density at radius 2 is 0.942 bits per heavy atom. The SMILES string of the molecule is CCCCC1=C(/C=C/c2ccc(N(CCCC)CCCC)cc2OC)CC(C)(C)CC1=O.CCCCC1=C(C)CC(C)(C)CC1=O.CCCCN(CCCC)c1ccc(C=O)c(OC)c1.CC[O-].[Na+]. The van der Waals surface area contributed by atoms with E-state index < -0.39 is 0 Å². The molecule has 0 saturated carbocycles. The fraction of sp³-hybridized carbons (Fsp3) is 0.650. The van der Waals surface area contributed by atoms with Crippen molar-refractivity contribution in [1.29, 1.82) is 0 Å². The van der Waals surface area contributed by atoms with Crippen LogP contribution in [0.2, 0.25) is 0 Å². The van der Waals surface area contributed by atoms with Crippen molar-refractivity contribution in [3.63, 3.8) is 0 Å². The first-order valence-electron chi connectivity index (χ1n) is 26.5. The van der Waals surface area contributed by atoms with Gasteiger partial charge in [0.2, 0.25) is 0 Å². The molecular weight excluding hydrogens is 868 g/mol. The number of unbranched alkanes of at least 4 members (excludes halogenated alkanes) is 6. The quantitative estimate of drug-likeness (QED) is 0.0717. The molecule has 4 rings (SSSR count). The minimum atomic E-state index is 0. The molecule has 0 N–H and O–H groups in total. The summed E-state index contributed by atoms with van der Waals surface area (Å²) in [4.78, 5) is 40.5. The molecule has 0 radical (unpaired) electrons. The van der Waals surface area contributed by atoms with Gasteiger partial charge in [-0.05, 0) is 123 Å². The van der Waals surface area contributed by atoms with Crippen LogP contribution in [-0.2, 0) is 9.59 Å². The van der Waals surface area contributed by atoms with Crippen molar-refractivity contribution in [3.05, 3.63) is 75.9 Å². The average Bonchev–Trinajstić information content (AvgIpc) is 3.30. The Balaban J connectivity index is 0.00000106. The molecule has 0 fully saturated rings. The first kappa shape index (κ1) is 65.8. The van der Waals surface area contributed by atoms with E-state index in [0.717, 1.165) is 112 Å². The van der Waals surface area contributed by atoms with Gasteiger partial charge < -0.3 is 24.4 Å². The van der Waals surface area contributed by atoms with Crippen molar-refractivity contribution in [3.8, 4) is 11.5 Å². The molecule has 0 unspecified atom stereocenters. The van der Waals surface area contributed by atoms with Crippen LogP contribution in [0, 0.1) is 10.8 Å². The minimum absolute atomic E-state index is 0. The molecule has 0 aliphatic heterocycles. The second kappa shape index (κ2) is 36.7. The Kier molecular flexibility index (Phi) is 35.0. The molecule has 0 atom stereocenters. The molecule has 0 amide bonds. The minimum Gasteiger partial charge on any atom is -0.855 e. The third-order valence-electron chi connectivity index (χ3n) is 12.7. The molecule has 69 heavy (non-hydrogen) atoms. The summed E-state index contributed by atoms with van der Waals surface area (Å²) in [7, 11) is 3.35. The van der Waals surface area contributed by atoms with Crippen molar-refractivity contribution >= 4 is 35.3 Å². The number of hydrogen-bond donors (Lipinski definition) is 0. The van der Waals surface area contributed by atoms with Crippen LogP contribution in [0.4, 0.5) is 11.4 Å². The Hall–Kier alpha value is -3.17. The van der Waals surface area contributed by atoms with Gasteiger partial charge in [-0.2, -0.15) is 0 Å². The number of allylic oxidation sites excluding steroid dienone is 5. The molecule has 2 aliphatic rings. The van der Waals surface area contributed by atoms with Crippen molar-refractivity contribution in [2.45, 2.75) is 199 Å². The van der Waals surface area contributed by atoms with Crippen LogP contribution >= 0.6 is 0 Å². The monoisotopic (exact) mass is 965 g/mol. The van der Waals surface area contributed by atoms with E-state index in [9.17, 15) is 14.4 Å². The Labute approximate surface area is 444 Å². The molecule has 2 aliphatic carbocycles. The number of benzene rings is 2. The van der Waals surface area contributed by atoms with Gasteiger partial charge in [-0.25, -0.2) is 0 Å². The zero-order chi connectivity index (χ0) is 51.1. The van der Waals surface area contributed by atoms with Gasteiger partial charge in [0.05, 0.1) is 19.8 Å². The van der Waals surface area contributed by atoms with E-state index in [2.05, 4.69) is 116 Å². The van der Waals surface area contributed by atoms with Crippen LogP contribution in [-0.4, -0.2) is 64.9 Å². The summed E-state index contributed by atoms with van der Waals surface area (Å²) in [5, 5.41) is 8.93. The normalized spacial score (nSPS) is 14.9. The number of carbonyl (C=O) groups is 3. The summed E-state index contributed by atoms with van der Waals surface area (Å²) in [5.74, 6) is 2.28. The topological polar surface area (TPSA) is 99.2 Å². The second-order valence-corrected chi connectivity index (χ2v) is 20.3. The number of ketones is 2. The number of aldehydes is 1. The summed E-state index contributed by atoms with van der Waals surface area (Å²) in [5.41, 5.74) is 8.99. The van der Waals surface area contributed by atoms with Crippen LogP contribution in [0.25, 0.3) is 6.08 Å². The first-order chi connectivity index (χ1) is 32.5. The molecule has 2 aromatic carbocycles. The molecule has 0 aromatic heterocycles. The van der Waals surface area contributed by atoms with Crippen LogP contribution in [0.5, 0.6) is 11.5 Å². The van der Waals surface area contributed by atoms with Crippen molar-refractivity contribution < 1.29 is 58.5 Å². The summed E-state index contributed by atoms with van der Waals surface area (Å²) in [6, 6.07) is 12.4. The van der Waals surface area contributed by atoms with E-state index in [1.807, 2.05) is 18.2 Å². The third-order valence-corrected chi connectivity index (χ3v) is 12.7. The summed E-state index contributed by atoms with van der Waals surface area (Å²) in [6.07, 6.45) is 24.5. The van der Waals surface area contributed by atoms with Crippen LogP contribution in [0.1, 0.15) is 215 Å². The van der Waals surface area contributed by atoms with Crippen LogP contribution in [0.3, 0.4) is 0 Å². The summed E-state index contributed by atoms with van der Waals surface area (Å²) >= 11 is 0. The molecule has 0 spiro atoms. The van der Waals surface area contributed by atoms with Gasteiger partial charge in [0.15, 0.2) is 17.9 Å². The predicted octanol–water partition coefficient (Wildman–Crippen LogP) is 12.2. The van der Waals surface area contributed by atoms with Crippen molar-refractivity contribution in [1.82, 2.24) is 0 Å². The number of anilines is 2. The first-order valence-corrected chi connectivity index (χ1v) is 26.5. The third kappa shape index (κ3) is 24.7. The maximum atomic E-state index is 12.8. The Morgan fingerprint density at radius 3 is 1.33 bits per heavy atom. The average molecular weight is 965 g/mol. The number of nitrogens with zero attached hydrogens (tertiary/aromatic N) is 2. The van der Waals surface area contributed by atoms with Gasteiger partial charge in [-0.15, -0.1) is 6.61 Å². The fourth-order valence-corrected chi connectivity index (χ4v) is 8.95. The molecule has 0 bridgehead atoms. The number of Topliss-reactive ketones (excluding diaryl/α,β-unsaturated/α-hetero) is 2. The molecule has 384 valence electrons.